The van der Waals surface area contributed by atoms with Crippen molar-refractivity contribution in [1.29, 1.82) is 0 Å². The Balaban J connectivity index is 1.74. The first-order valence-electron chi connectivity index (χ1n) is 7.53. The minimum atomic E-state index is 0.0334. The SMILES string of the molecule is CC[C@H]1Oc2ccccc2[C@@H]2CC(c3ccccc3)=NN12. The molecular weight excluding hydrogens is 260 g/mol. The second-order valence-corrected chi connectivity index (χ2v) is 5.53. The summed E-state index contributed by atoms with van der Waals surface area (Å²) in [5.74, 6) is 1.01. The van der Waals surface area contributed by atoms with E-state index in [1.54, 1.807) is 0 Å². The molecule has 0 saturated carbocycles. The first-order chi connectivity index (χ1) is 10.4. The van der Waals surface area contributed by atoms with E-state index in [9.17, 15) is 0 Å². The molecule has 0 N–H and O–H groups in total. The molecular formula is C18H18N2O. The molecule has 2 heterocycles. The fourth-order valence-corrected chi connectivity index (χ4v) is 3.18. The predicted molar refractivity (Wildman–Crippen MR) is 83.3 cm³/mol. The van der Waals surface area contributed by atoms with Gasteiger partial charge >= 0.3 is 0 Å². The lowest BCUT2D eigenvalue weighted by molar-refractivity contribution is -0.0188. The fourth-order valence-electron chi connectivity index (χ4n) is 3.18. The van der Waals surface area contributed by atoms with E-state index in [2.05, 4.69) is 54.4 Å². The molecule has 4 rings (SSSR count). The monoisotopic (exact) mass is 278 g/mol. The third-order valence-electron chi connectivity index (χ3n) is 4.23. The highest BCUT2D eigenvalue weighted by atomic mass is 16.5. The van der Waals surface area contributed by atoms with E-state index in [1.165, 1.54) is 11.1 Å². The molecule has 106 valence electrons. The molecule has 2 atom stereocenters. The summed E-state index contributed by atoms with van der Waals surface area (Å²) >= 11 is 0. The van der Waals surface area contributed by atoms with Crippen molar-refractivity contribution in [2.24, 2.45) is 5.10 Å². The van der Waals surface area contributed by atoms with Crippen molar-refractivity contribution in [3.63, 3.8) is 0 Å². The number of hydrogen-bond donors (Lipinski definition) is 0. The number of fused-ring (bicyclic) bond motifs is 3. The van der Waals surface area contributed by atoms with E-state index >= 15 is 0 Å². The highest BCUT2D eigenvalue weighted by molar-refractivity contribution is 6.01. The zero-order valence-electron chi connectivity index (χ0n) is 12.1. The zero-order chi connectivity index (χ0) is 14.2. The van der Waals surface area contributed by atoms with Crippen molar-refractivity contribution in [1.82, 2.24) is 5.01 Å². The molecule has 2 aromatic carbocycles. The van der Waals surface area contributed by atoms with Gasteiger partial charge < -0.3 is 4.74 Å². The van der Waals surface area contributed by atoms with Gasteiger partial charge in [0.2, 0.25) is 0 Å². The summed E-state index contributed by atoms with van der Waals surface area (Å²) in [4.78, 5) is 0. The van der Waals surface area contributed by atoms with Gasteiger partial charge in [0.05, 0.1) is 11.8 Å². The average Bonchev–Trinajstić information content (AvgIpc) is 3.00. The van der Waals surface area contributed by atoms with Crippen LogP contribution in [-0.4, -0.2) is 16.9 Å². The standard InChI is InChI=1S/C18H18N2O/c1-2-18-20-16(14-10-6-7-11-17(14)21-18)12-15(19-20)13-8-4-3-5-9-13/h3-11,16,18H,2,12H2,1H3/t16-,18+/m0/s1. The van der Waals surface area contributed by atoms with Crippen molar-refractivity contribution in [2.75, 3.05) is 0 Å². The van der Waals surface area contributed by atoms with Crippen molar-refractivity contribution < 1.29 is 4.74 Å². The van der Waals surface area contributed by atoms with Gasteiger partial charge in [-0.2, -0.15) is 5.10 Å². The summed E-state index contributed by atoms with van der Waals surface area (Å²) < 4.78 is 6.10. The maximum Gasteiger partial charge on any atom is 0.187 e. The third kappa shape index (κ3) is 2.00. The Kier molecular flexibility index (Phi) is 2.92. The van der Waals surface area contributed by atoms with Crippen LogP contribution in [0.25, 0.3) is 0 Å². The quantitative estimate of drug-likeness (QED) is 0.830. The molecule has 2 aliphatic rings. The Hall–Kier alpha value is -2.29. The molecule has 3 heteroatoms. The number of benzene rings is 2. The third-order valence-corrected chi connectivity index (χ3v) is 4.23. The van der Waals surface area contributed by atoms with E-state index in [1.807, 2.05) is 12.1 Å². The van der Waals surface area contributed by atoms with Crippen LogP contribution in [0.3, 0.4) is 0 Å². The lowest BCUT2D eigenvalue weighted by Crippen LogP contribution is -2.39. The van der Waals surface area contributed by atoms with Crippen molar-refractivity contribution in [3.8, 4) is 5.75 Å². The Morgan fingerprint density at radius 2 is 1.86 bits per heavy atom. The summed E-state index contributed by atoms with van der Waals surface area (Å²) in [5.41, 5.74) is 3.61. The largest absolute Gasteiger partial charge is 0.469 e. The van der Waals surface area contributed by atoms with Gasteiger partial charge in [0.1, 0.15) is 5.75 Å². The van der Waals surface area contributed by atoms with Gasteiger partial charge in [-0.05, 0) is 11.6 Å². The van der Waals surface area contributed by atoms with Crippen LogP contribution < -0.4 is 4.74 Å². The molecule has 0 spiro atoms. The topological polar surface area (TPSA) is 24.8 Å². The lowest BCUT2D eigenvalue weighted by Gasteiger charge is -2.37. The molecule has 0 saturated heterocycles. The van der Waals surface area contributed by atoms with Crippen molar-refractivity contribution in [2.45, 2.75) is 32.0 Å². The van der Waals surface area contributed by atoms with Gasteiger partial charge in [0.15, 0.2) is 6.23 Å². The maximum absolute atomic E-state index is 6.10. The highest BCUT2D eigenvalue weighted by Crippen LogP contribution is 2.43. The molecule has 0 amide bonds. The number of nitrogens with zero attached hydrogens (tertiary/aromatic N) is 2. The van der Waals surface area contributed by atoms with E-state index in [-0.39, 0.29) is 6.23 Å². The van der Waals surface area contributed by atoms with Crippen LogP contribution in [0.1, 0.15) is 36.9 Å². The summed E-state index contributed by atoms with van der Waals surface area (Å²) in [6.45, 7) is 2.14. The van der Waals surface area contributed by atoms with E-state index < -0.39 is 0 Å². The zero-order valence-corrected chi connectivity index (χ0v) is 12.1. The second-order valence-electron chi connectivity index (χ2n) is 5.53. The van der Waals surface area contributed by atoms with Crippen molar-refractivity contribution >= 4 is 5.71 Å². The minimum Gasteiger partial charge on any atom is -0.469 e. The van der Waals surface area contributed by atoms with E-state index in [4.69, 9.17) is 9.84 Å². The molecule has 0 bridgehead atoms. The molecule has 0 radical (unpaired) electrons. The van der Waals surface area contributed by atoms with E-state index in [0.29, 0.717) is 6.04 Å². The number of hydrogen-bond acceptors (Lipinski definition) is 3. The number of hydrazone groups is 1. The average molecular weight is 278 g/mol. The molecule has 3 nitrogen and oxygen atoms in total. The Bertz CT molecular complexity index is 681. The van der Waals surface area contributed by atoms with Gasteiger partial charge in [-0.25, -0.2) is 0 Å². The van der Waals surface area contributed by atoms with Crippen LogP contribution in [0, 0.1) is 0 Å². The van der Waals surface area contributed by atoms with Crippen molar-refractivity contribution in [3.05, 3.63) is 65.7 Å². The number of para-hydroxylation sites is 1. The molecule has 0 aliphatic carbocycles. The lowest BCUT2D eigenvalue weighted by atomic mass is 9.96. The molecule has 2 aromatic rings. The van der Waals surface area contributed by atoms with Crippen LogP contribution in [-0.2, 0) is 0 Å². The van der Waals surface area contributed by atoms with Crippen LogP contribution >= 0.6 is 0 Å². The summed E-state index contributed by atoms with van der Waals surface area (Å²) in [6.07, 6.45) is 1.91. The predicted octanol–water partition coefficient (Wildman–Crippen LogP) is 3.97. The van der Waals surface area contributed by atoms with Crippen LogP contribution in [0.4, 0.5) is 0 Å². The first-order valence-corrected chi connectivity index (χ1v) is 7.53. The molecule has 21 heavy (non-hydrogen) atoms. The minimum absolute atomic E-state index is 0.0334. The highest BCUT2D eigenvalue weighted by Gasteiger charge is 2.39. The Morgan fingerprint density at radius 1 is 1.10 bits per heavy atom. The van der Waals surface area contributed by atoms with Crippen LogP contribution in [0.5, 0.6) is 5.75 Å². The Labute approximate surface area is 124 Å². The van der Waals surface area contributed by atoms with Crippen LogP contribution in [0.2, 0.25) is 0 Å². The number of rotatable bonds is 2. The maximum atomic E-state index is 6.10. The smallest absolute Gasteiger partial charge is 0.187 e. The van der Waals surface area contributed by atoms with Crippen LogP contribution in [0.15, 0.2) is 59.7 Å². The fraction of sp³-hybridized carbons (Fsp3) is 0.278. The molecule has 0 aromatic heterocycles. The summed E-state index contributed by atoms with van der Waals surface area (Å²) in [5, 5.41) is 7.00. The van der Waals surface area contributed by atoms with Gasteiger partial charge in [0, 0.05) is 18.4 Å². The molecule has 2 aliphatic heterocycles. The normalized spacial score (nSPS) is 23.1. The van der Waals surface area contributed by atoms with Gasteiger partial charge in [-0.1, -0.05) is 55.5 Å². The first kappa shape index (κ1) is 12.5. The summed E-state index contributed by atoms with van der Waals surface area (Å²) in [7, 11) is 0. The number of ether oxygens (including phenoxy) is 1. The van der Waals surface area contributed by atoms with Gasteiger partial charge in [-0.15, -0.1) is 0 Å². The molecule has 0 unspecified atom stereocenters. The summed E-state index contributed by atoms with van der Waals surface area (Å²) in [6, 6.07) is 19.1. The van der Waals surface area contributed by atoms with E-state index in [0.717, 1.165) is 24.3 Å². The molecule has 0 fully saturated rings. The van der Waals surface area contributed by atoms with Gasteiger partial charge in [-0.3, -0.25) is 5.01 Å². The van der Waals surface area contributed by atoms with Gasteiger partial charge in [0.25, 0.3) is 0 Å². The Morgan fingerprint density at radius 3 is 2.67 bits per heavy atom. The second kappa shape index (κ2) is 4.92.